The van der Waals surface area contributed by atoms with Crippen LogP contribution in [0, 0.1) is 24.7 Å². The second kappa shape index (κ2) is 11.5. The van der Waals surface area contributed by atoms with Gasteiger partial charge in [-0.2, -0.15) is 0 Å². The van der Waals surface area contributed by atoms with E-state index >= 15 is 0 Å². The van der Waals surface area contributed by atoms with Crippen LogP contribution < -0.4 is 10.5 Å². The number of thioether (sulfide) groups is 1. The van der Waals surface area contributed by atoms with E-state index in [1.54, 1.807) is 15.4 Å². The van der Waals surface area contributed by atoms with Crippen LogP contribution in [0.2, 0.25) is 0 Å². The molecule has 4 rings (SSSR count). The van der Waals surface area contributed by atoms with E-state index < -0.39 is 0 Å². The van der Waals surface area contributed by atoms with E-state index in [-0.39, 0.29) is 11.5 Å². The monoisotopic (exact) mass is 526 g/mol. The number of amides is 1. The number of unbranched alkanes of at least 4 members (excludes halogenated alkanes) is 1. The van der Waals surface area contributed by atoms with E-state index in [9.17, 15) is 9.59 Å². The molecule has 2 aliphatic rings. The lowest BCUT2D eigenvalue weighted by atomic mass is 9.91. The summed E-state index contributed by atoms with van der Waals surface area (Å²) in [4.78, 5) is 36.7. The predicted molar refractivity (Wildman–Crippen MR) is 155 cm³/mol. The van der Waals surface area contributed by atoms with E-state index in [1.807, 2.05) is 25.3 Å². The minimum atomic E-state index is -0.149. The molecule has 4 heterocycles. The first-order valence-corrected chi connectivity index (χ1v) is 14.5. The van der Waals surface area contributed by atoms with Gasteiger partial charge in [0.1, 0.15) is 15.8 Å². The van der Waals surface area contributed by atoms with Crippen LogP contribution in [0.3, 0.4) is 0 Å². The van der Waals surface area contributed by atoms with Gasteiger partial charge in [0.25, 0.3) is 11.5 Å². The number of fused-ring (bicyclic) bond motifs is 1. The maximum Gasteiger partial charge on any atom is 0.267 e. The van der Waals surface area contributed by atoms with Gasteiger partial charge < -0.3 is 4.90 Å². The molecule has 36 heavy (non-hydrogen) atoms. The van der Waals surface area contributed by atoms with Crippen LogP contribution in [0.4, 0.5) is 5.82 Å². The highest BCUT2D eigenvalue weighted by atomic mass is 32.2. The molecule has 2 aromatic rings. The number of carbonyl (C=O) groups is 1. The van der Waals surface area contributed by atoms with Gasteiger partial charge in [0, 0.05) is 25.8 Å². The first-order chi connectivity index (χ1) is 17.2. The van der Waals surface area contributed by atoms with Crippen LogP contribution in [0.25, 0.3) is 11.7 Å². The number of carbonyl (C=O) groups excluding carboxylic acids is 1. The van der Waals surface area contributed by atoms with Crippen molar-refractivity contribution in [2.45, 2.75) is 66.7 Å². The molecule has 3 atom stereocenters. The Morgan fingerprint density at radius 3 is 2.58 bits per heavy atom. The summed E-state index contributed by atoms with van der Waals surface area (Å²) in [6.07, 6.45) is 9.12. The molecule has 0 aliphatic carbocycles. The number of anilines is 1. The van der Waals surface area contributed by atoms with Crippen LogP contribution in [-0.2, 0) is 4.79 Å². The Hall–Kier alpha value is -2.19. The summed E-state index contributed by atoms with van der Waals surface area (Å²) in [6, 6.07) is 3.86. The Morgan fingerprint density at radius 2 is 1.92 bits per heavy atom. The highest BCUT2D eigenvalue weighted by molar-refractivity contribution is 8.26. The minimum Gasteiger partial charge on any atom is -0.355 e. The van der Waals surface area contributed by atoms with Crippen LogP contribution in [0.15, 0.2) is 28.0 Å². The zero-order chi connectivity index (χ0) is 26.0. The molecule has 0 N–H and O–H groups in total. The van der Waals surface area contributed by atoms with Crippen LogP contribution in [0.1, 0.15) is 70.9 Å². The molecule has 2 saturated heterocycles. The maximum atomic E-state index is 13.8. The van der Waals surface area contributed by atoms with E-state index in [0.29, 0.717) is 50.6 Å². The fourth-order valence-corrected chi connectivity index (χ4v) is 6.67. The number of hydrogen-bond donors (Lipinski definition) is 0. The van der Waals surface area contributed by atoms with Gasteiger partial charge in [-0.15, -0.1) is 0 Å². The van der Waals surface area contributed by atoms with Crippen LogP contribution >= 0.6 is 24.0 Å². The minimum absolute atomic E-state index is 0.0972. The van der Waals surface area contributed by atoms with E-state index in [1.165, 1.54) is 11.8 Å². The van der Waals surface area contributed by atoms with Crippen molar-refractivity contribution in [2.75, 3.05) is 24.5 Å². The summed E-state index contributed by atoms with van der Waals surface area (Å²) < 4.78 is 2.17. The summed E-state index contributed by atoms with van der Waals surface area (Å²) in [7, 11) is 0. The Labute approximate surface area is 224 Å². The van der Waals surface area contributed by atoms with E-state index in [2.05, 4.69) is 32.6 Å². The van der Waals surface area contributed by atoms with Crippen LogP contribution in [-0.4, -0.2) is 44.1 Å². The normalized spacial score (nSPS) is 22.8. The third kappa shape index (κ3) is 5.70. The highest BCUT2D eigenvalue weighted by Crippen LogP contribution is 2.35. The van der Waals surface area contributed by atoms with Gasteiger partial charge in [-0.25, -0.2) is 4.98 Å². The number of thiocarbonyl (C=S) groups is 1. The molecule has 2 aliphatic heterocycles. The Morgan fingerprint density at radius 1 is 1.19 bits per heavy atom. The largest absolute Gasteiger partial charge is 0.355 e. The summed E-state index contributed by atoms with van der Waals surface area (Å²) >= 11 is 6.92. The molecular weight excluding hydrogens is 488 g/mol. The molecule has 0 bridgehead atoms. The van der Waals surface area contributed by atoms with Crippen molar-refractivity contribution in [2.24, 2.45) is 17.8 Å². The van der Waals surface area contributed by atoms with Crippen molar-refractivity contribution >= 4 is 51.7 Å². The van der Waals surface area contributed by atoms with Crippen molar-refractivity contribution in [3.63, 3.8) is 0 Å². The molecule has 0 unspecified atom stereocenters. The van der Waals surface area contributed by atoms with E-state index in [4.69, 9.17) is 17.2 Å². The van der Waals surface area contributed by atoms with Crippen molar-refractivity contribution in [1.29, 1.82) is 0 Å². The summed E-state index contributed by atoms with van der Waals surface area (Å²) in [6.45, 7) is 13.1. The lowest BCUT2D eigenvalue weighted by Crippen LogP contribution is -2.40. The lowest BCUT2D eigenvalue weighted by molar-refractivity contribution is -0.122. The number of rotatable bonds is 8. The molecule has 0 saturated carbocycles. The first kappa shape index (κ1) is 26.9. The third-order valence-electron chi connectivity index (χ3n) is 7.29. The van der Waals surface area contributed by atoms with Gasteiger partial charge in [0.15, 0.2) is 0 Å². The molecule has 0 aromatic carbocycles. The second-order valence-electron chi connectivity index (χ2n) is 10.6. The third-order valence-corrected chi connectivity index (χ3v) is 8.66. The van der Waals surface area contributed by atoms with E-state index in [0.717, 1.165) is 50.8 Å². The zero-order valence-corrected chi connectivity index (χ0v) is 23.8. The van der Waals surface area contributed by atoms with Gasteiger partial charge in [0.05, 0.1) is 10.5 Å². The molecule has 8 heteroatoms. The van der Waals surface area contributed by atoms with Gasteiger partial charge >= 0.3 is 0 Å². The Kier molecular flexibility index (Phi) is 8.56. The average Bonchev–Trinajstić information content (AvgIpc) is 3.10. The van der Waals surface area contributed by atoms with Gasteiger partial charge in [0.2, 0.25) is 0 Å². The quantitative estimate of drug-likeness (QED) is 0.315. The second-order valence-corrected chi connectivity index (χ2v) is 12.3. The molecule has 6 nitrogen and oxygen atoms in total. The van der Waals surface area contributed by atoms with Gasteiger partial charge in [-0.05, 0) is 55.2 Å². The topological polar surface area (TPSA) is 57.9 Å². The Bertz CT molecular complexity index is 1230. The fourth-order valence-electron chi connectivity index (χ4n) is 5.41. The number of hydrogen-bond acceptors (Lipinski definition) is 6. The number of nitrogens with zero attached hydrogens (tertiary/aromatic N) is 4. The van der Waals surface area contributed by atoms with Gasteiger partial charge in [-0.3, -0.25) is 18.9 Å². The molecule has 194 valence electrons. The van der Waals surface area contributed by atoms with Crippen molar-refractivity contribution in [3.8, 4) is 0 Å². The number of aryl methyl sites for hydroxylation is 1. The zero-order valence-electron chi connectivity index (χ0n) is 22.1. The summed E-state index contributed by atoms with van der Waals surface area (Å²) in [5, 5.41) is 0. The maximum absolute atomic E-state index is 13.8. The molecule has 0 radical (unpaired) electrons. The summed E-state index contributed by atoms with van der Waals surface area (Å²) in [5.74, 6) is 2.01. The molecule has 0 spiro atoms. The van der Waals surface area contributed by atoms with Crippen molar-refractivity contribution in [3.05, 3.63) is 44.7 Å². The van der Waals surface area contributed by atoms with Crippen LogP contribution in [0.5, 0.6) is 0 Å². The first-order valence-electron chi connectivity index (χ1n) is 13.2. The molecular formula is C28H38N4O2S2. The number of piperidine rings is 1. The highest BCUT2D eigenvalue weighted by Gasteiger charge is 2.34. The SMILES string of the molecule is CCCC[C@H](CC)CN1C(=O)/C(=C\c2c(N3C[C@H](C)C[C@H](C)C3)nc3ccc(C)cn3c2=O)SC1=S. The summed E-state index contributed by atoms with van der Waals surface area (Å²) in [5.41, 5.74) is 1.93. The van der Waals surface area contributed by atoms with Gasteiger partial charge in [-0.1, -0.05) is 77.0 Å². The lowest BCUT2D eigenvalue weighted by Gasteiger charge is -2.36. The fraction of sp³-hybridized carbons (Fsp3) is 0.571. The number of aromatic nitrogens is 2. The van der Waals surface area contributed by atoms with Crippen molar-refractivity contribution in [1.82, 2.24) is 14.3 Å². The Balaban J connectivity index is 1.75. The smallest absolute Gasteiger partial charge is 0.267 e. The van der Waals surface area contributed by atoms with Crippen molar-refractivity contribution < 1.29 is 4.79 Å². The molecule has 2 fully saturated rings. The average molecular weight is 527 g/mol. The molecule has 2 aromatic heterocycles. The standard InChI is InChI=1S/C28H38N4O2S2/c1-6-8-9-21(7-2)17-32-27(34)23(36-28(32)35)13-22-25(30-14-19(4)12-20(5)15-30)29-24-11-10-18(3)16-31(24)26(22)33/h10-11,13,16,19-21H,6-9,12,14-15,17H2,1-5H3/b23-13+/t19-,20+,21-/m0/s1. The predicted octanol–water partition coefficient (Wildman–Crippen LogP) is 5.90. The molecule has 1 amide bonds. The number of pyridine rings is 1.